The molecule has 1 amide bonds. The summed E-state index contributed by atoms with van der Waals surface area (Å²) < 4.78 is 16.2. The predicted octanol–water partition coefficient (Wildman–Crippen LogP) is 4.36. The summed E-state index contributed by atoms with van der Waals surface area (Å²) in [6.07, 6.45) is 0. The lowest BCUT2D eigenvalue weighted by Crippen LogP contribution is -2.27. The predicted molar refractivity (Wildman–Crippen MR) is 106 cm³/mol. The molecule has 0 saturated heterocycles. The topological polar surface area (TPSA) is 56.8 Å². The molecule has 5 nitrogen and oxygen atoms in total. The lowest BCUT2D eigenvalue weighted by atomic mass is 10.0. The highest BCUT2D eigenvalue weighted by molar-refractivity contribution is 6.01. The number of fused-ring (bicyclic) bond motifs is 1. The van der Waals surface area contributed by atoms with Crippen molar-refractivity contribution in [3.63, 3.8) is 0 Å². The van der Waals surface area contributed by atoms with E-state index < -0.39 is 0 Å². The molecule has 0 aliphatic rings. The molecule has 0 aliphatic carbocycles. The number of methoxy groups -OCH3 is 3. The van der Waals surface area contributed by atoms with Crippen LogP contribution in [0.3, 0.4) is 0 Å². The third-order valence-corrected chi connectivity index (χ3v) is 4.56. The number of hydrogen-bond donors (Lipinski definition) is 1. The number of benzene rings is 3. The Bertz CT molecular complexity index is 968. The SMILES string of the molecule is COc1ccc(OC)c(C(C)NC(=O)c2cc3ccccc3cc2OC)c1. The van der Waals surface area contributed by atoms with Crippen LogP contribution in [0.4, 0.5) is 0 Å². The Morgan fingerprint density at radius 3 is 2.15 bits per heavy atom. The van der Waals surface area contributed by atoms with Gasteiger partial charge < -0.3 is 19.5 Å². The van der Waals surface area contributed by atoms with Gasteiger partial charge in [0.2, 0.25) is 0 Å². The summed E-state index contributed by atoms with van der Waals surface area (Å²) in [4.78, 5) is 12.9. The summed E-state index contributed by atoms with van der Waals surface area (Å²) in [6.45, 7) is 1.91. The summed E-state index contributed by atoms with van der Waals surface area (Å²) in [5.74, 6) is 1.72. The second-order valence-electron chi connectivity index (χ2n) is 6.20. The van der Waals surface area contributed by atoms with E-state index in [1.165, 1.54) is 0 Å². The van der Waals surface area contributed by atoms with E-state index in [0.29, 0.717) is 22.8 Å². The fraction of sp³-hybridized carbons (Fsp3) is 0.227. The average Bonchev–Trinajstić information content (AvgIpc) is 2.71. The van der Waals surface area contributed by atoms with Crippen LogP contribution in [0.25, 0.3) is 10.8 Å². The molecule has 0 saturated carbocycles. The molecule has 3 rings (SSSR count). The van der Waals surface area contributed by atoms with Crippen LogP contribution in [0.5, 0.6) is 17.2 Å². The Hall–Kier alpha value is -3.21. The van der Waals surface area contributed by atoms with Crippen molar-refractivity contribution in [2.45, 2.75) is 13.0 Å². The van der Waals surface area contributed by atoms with Crippen LogP contribution < -0.4 is 19.5 Å². The van der Waals surface area contributed by atoms with E-state index in [4.69, 9.17) is 14.2 Å². The highest BCUT2D eigenvalue weighted by atomic mass is 16.5. The number of nitrogens with one attached hydrogen (secondary N) is 1. The van der Waals surface area contributed by atoms with Gasteiger partial charge in [-0.3, -0.25) is 4.79 Å². The van der Waals surface area contributed by atoms with Crippen molar-refractivity contribution in [2.75, 3.05) is 21.3 Å². The maximum absolute atomic E-state index is 12.9. The third-order valence-electron chi connectivity index (χ3n) is 4.56. The van der Waals surface area contributed by atoms with E-state index in [0.717, 1.165) is 16.3 Å². The van der Waals surface area contributed by atoms with Crippen molar-refractivity contribution in [3.8, 4) is 17.2 Å². The minimum Gasteiger partial charge on any atom is -0.497 e. The molecule has 1 N–H and O–H groups in total. The first-order valence-corrected chi connectivity index (χ1v) is 8.67. The summed E-state index contributed by atoms with van der Waals surface area (Å²) >= 11 is 0. The van der Waals surface area contributed by atoms with Crippen LogP contribution >= 0.6 is 0 Å². The van der Waals surface area contributed by atoms with Crippen LogP contribution in [0.1, 0.15) is 28.9 Å². The van der Waals surface area contributed by atoms with Crippen LogP contribution in [-0.2, 0) is 0 Å². The molecule has 27 heavy (non-hydrogen) atoms. The molecule has 0 aromatic heterocycles. The Labute approximate surface area is 158 Å². The molecule has 3 aromatic rings. The molecular weight excluding hydrogens is 342 g/mol. The zero-order chi connectivity index (χ0) is 19.4. The fourth-order valence-electron chi connectivity index (χ4n) is 3.10. The smallest absolute Gasteiger partial charge is 0.255 e. The largest absolute Gasteiger partial charge is 0.497 e. The first-order chi connectivity index (χ1) is 13.1. The van der Waals surface area contributed by atoms with E-state index in [1.807, 2.05) is 61.5 Å². The second-order valence-corrected chi connectivity index (χ2v) is 6.20. The number of amides is 1. The molecule has 0 fully saturated rings. The van der Waals surface area contributed by atoms with Gasteiger partial charge >= 0.3 is 0 Å². The minimum atomic E-state index is -0.279. The maximum atomic E-state index is 12.9. The van der Waals surface area contributed by atoms with Gasteiger partial charge in [-0.2, -0.15) is 0 Å². The van der Waals surface area contributed by atoms with E-state index in [2.05, 4.69) is 5.32 Å². The van der Waals surface area contributed by atoms with Gasteiger partial charge in [-0.25, -0.2) is 0 Å². The lowest BCUT2D eigenvalue weighted by molar-refractivity contribution is 0.0936. The summed E-state index contributed by atoms with van der Waals surface area (Å²) in [5, 5.41) is 5.03. The van der Waals surface area contributed by atoms with E-state index in [9.17, 15) is 4.79 Å². The van der Waals surface area contributed by atoms with Gasteiger partial charge in [-0.1, -0.05) is 24.3 Å². The normalized spacial score (nSPS) is 11.7. The van der Waals surface area contributed by atoms with Gasteiger partial charge in [-0.15, -0.1) is 0 Å². The van der Waals surface area contributed by atoms with Crippen molar-refractivity contribution in [1.29, 1.82) is 0 Å². The number of hydrogen-bond acceptors (Lipinski definition) is 4. The Morgan fingerprint density at radius 1 is 0.852 bits per heavy atom. The number of carbonyl (C=O) groups excluding carboxylic acids is 1. The first kappa shape index (κ1) is 18.6. The highest BCUT2D eigenvalue weighted by Gasteiger charge is 2.19. The maximum Gasteiger partial charge on any atom is 0.255 e. The summed E-state index contributed by atoms with van der Waals surface area (Å²) in [7, 11) is 4.77. The average molecular weight is 365 g/mol. The van der Waals surface area contributed by atoms with Gasteiger partial charge in [0, 0.05) is 5.56 Å². The number of ether oxygens (including phenoxy) is 3. The Kier molecular flexibility index (Phi) is 5.50. The first-order valence-electron chi connectivity index (χ1n) is 8.67. The van der Waals surface area contributed by atoms with Crippen LogP contribution in [0.15, 0.2) is 54.6 Å². The molecule has 1 unspecified atom stereocenters. The van der Waals surface area contributed by atoms with Crippen molar-refractivity contribution >= 4 is 16.7 Å². The standard InChI is InChI=1S/C22H23NO4/c1-14(18-13-17(25-2)9-10-20(18)26-3)23-22(24)19-11-15-7-5-6-8-16(15)12-21(19)27-4/h5-14H,1-4H3,(H,23,24). The molecule has 0 radical (unpaired) electrons. The third kappa shape index (κ3) is 3.82. The van der Waals surface area contributed by atoms with Crippen molar-refractivity contribution in [2.24, 2.45) is 0 Å². The minimum absolute atomic E-state index is 0.213. The Balaban J connectivity index is 1.92. The molecule has 0 spiro atoms. The lowest BCUT2D eigenvalue weighted by Gasteiger charge is -2.19. The van der Waals surface area contributed by atoms with Crippen molar-refractivity contribution in [3.05, 3.63) is 65.7 Å². The molecule has 0 heterocycles. The van der Waals surface area contributed by atoms with Gasteiger partial charge in [0.25, 0.3) is 5.91 Å². The van der Waals surface area contributed by atoms with Gasteiger partial charge in [0.05, 0.1) is 32.9 Å². The van der Waals surface area contributed by atoms with E-state index in [1.54, 1.807) is 21.3 Å². The van der Waals surface area contributed by atoms with Gasteiger partial charge in [0.15, 0.2) is 0 Å². The second kappa shape index (κ2) is 7.99. The quantitative estimate of drug-likeness (QED) is 0.705. The summed E-state index contributed by atoms with van der Waals surface area (Å²) in [6, 6.07) is 16.8. The van der Waals surface area contributed by atoms with Crippen molar-refractivity contribution < 1.29 is 19.0 Å². The molecule has 140 valence electrons. The molecular formula is C22H23NO4. The van der Waals surface area contributed by atoms with Crippen molar-refractivity contribution in [1.82, 2.24) is 5.32 Å². The van der Waals surface area contributed by atoms with Crippen LogP contribution in [0.2, 0.25) is 0 Å². The van der Waals surface area contributed by atoms with Gasteiger partial charge in [0.1, 0.15) is 17.2 Å². The molecule has 0 aliphatic heterocycles. The fourth-order valence-corrected chi connectivity index (χ4v) is 3.10. The number of rotatable bonds is 6. The molecule has 5 heteroatoms. The molecule has 3 aromatic carbocycles. The monoisotopic (exact) mass is 365 g/mol. The van der Waals surface area contributed by atoms with E-state index in [-0.39, 0.29) is 11.9 Å². The van der Waals surface area contributed by atoms with Gasteiger partial charge in [-0.05, 0) is 48.0 Å². The molecule has 1 atom stereocenters. The molecule has 0 bridgehead atoms. The zero-order valence-corrected chi connectivity index (χ0v) is 15.9. The zero-order valence-electron chi connectivity index (χ0n) is 15.9. The Morgan fingerprint density at radius 2 is 1.52 bits per heavy atom. The summed E-state index contributed by atoms with van der Waals surface area (Å²) in [5.41, 5.74) is 1.33. The number of carbonyl (C=O) groups is 1. The highest BCUT2D eigenvalue weighted by Crippen LogP contribution is 2.31. The van der Waals surface area contributed by atoms with Crippen LogP contribution in [-0.4, -0.2) is 27.2 Å². The van der Waals surface area contributed by atoms with Crippen LogP contribution in [0, 0.1) is 0 Å². The van der Waals surface area contributed by atoms with E-state index >= 15 is 0 Å².